The molecule has 156 valence electrons. The number of amides is 1. The molecule has 0 bridgehead atoms. The van der Waals surface area contributed by atoms with Crippen molar-refractivity contribution in [3.63, 3.8) is 0 Å². The first-order valence-electron chi connectivity index (χ1n) is 9.57. The van der Waals surface area contributed by atoms with E-state index < -0.39 is 17.6 Å². The summed E-state index contributed by atoms with van der Waals surface area (Å²) in [6.07, 6.45) is -0.218. The SMILES string of the molecule is O=C(NCC1CCCCN1CCn1ncccc1=O)c1ccccc1C(F)(F)F. The summed E-state index contributed by atoms with van der Waals surface area (Å²) in [4.78, 5) is 26.3. The minimum absolute atomic E-state index is 0.00478. The molecule has 1 aliphatic rings. The van der Waals surface area contributed by atoms with Crippen molar-refractivity contribution in [2.75, 3.05) is 19.6 Å². The summed E-state index contributed by atoms with van der Waals surface area (Å²) < 4.78 is 40.8. The number of likely N-dealkylation sites (tertiary alicyclic amines) is 1. The first-order valence-corrected chi connectivity index (χ1v) is 9.57. The zero-order valence-electron chi connectivity index (χ0n) is 15.9. The second-order valence-electron chi connectivity index (χ2n) is 7.02. The van der Waals surface area contributed by atoms with Crippen molar-refractivity contribution in [1.29, 1.82) is 0 Å². The van der Waals surface area contributed by atoms with Gasteiger partial charge in [-0.1, -0.05) is 18.6 Å². The van der Waals surface area contributed by atoms with Crippen LogP contribution in [0.4, 0.5) is 13.2 Å². The third-order valence-electron chi connectivity index (χ3n) is 5.11. The highest BCUT2D eigenvalue weighted by atomic mass is 19.4. The second-order valence-corrected chi connectivity index (χ2v) is 7.02. The summed E-state index contributed by atoms with van der Waals surface area (Å²) in [7, 11) is 0. The molecule has 1 aromatic carbocycles. The summed E-state index contributed by atoms with van der Waals surface area (Å²) in [5.74, 6) is -0.732. The molecule has 1 atom stereocenters. The first kappa shape index (κ1) is 21.0. The molecule has 9 heteroatoms. The molecule has 6 nitrogen and oxygen atoms in total. The Morgan fingerprint density at radius 2 is 1.93 bits per heavy atom. The number of carbonyl (C=O) groups is 1. The zero-order chi connectivity index (χ0) is 20.9. The van der Waals surface area contributed by atoms with Crippen molar-refractivity contribution in [3.05, 3.63) is 64.1 Å². The summed E-state index contributed by atoms with van der Waals surface area (Å²) in [5.41, 5.74) is -1.49. The van der Waals surface area contributed by atoms with Crippen LogP contribution in [-0.4, -0.2) is 46.3 Å². The lowest BCUT2D eigenvalue weighted by Gasteiger charge is -2.35. The van der Waals surface area contributed by atoms with Crippen molar-refractivity contribution in [2.45, 2.75) is 38.0 Å². The van der Waals surface area contributed by atoms with Gasteiger partial charge in [-0.2, -0.15) is 18.3 Å². The minimum Gasteiger partial charge on any atom is -0.350 e. The molecule has 0 saturated carbocycles. The van der Waals surface area contributed by atoms with Crippen molar-refractivity contribution in [3.8, 4) is 0 Å². The van der Waals surface area contributed by atoms with Crippen LogP contribution in [-0.2, 0) is 12.7 Å². The third-order valence-corrected chi connectivity index (χ3v) is 5.11. The standard InChI is InChI=1S/C20H23F3N4O2/c21-20(22,23)17-8-2-1-7-16(17)19(29)24-14-15-6-3-4-11-26(15)12-13-27-18(28)9-5-10-25-27/h1-2,5,7-10,15H,3-4,6,11-14H2,(H,24,29). The van der Waals surface area contributed by atoms with Crippen LogP contribution in [0.15, 0.2) is 47.4 Å². The van der Waals surface area contributed by atoms with Crippen LogP contribution in [0.1, 0.15) is 35.2 Å². The number of nitrogens with zero attached hydrogens (tertiary/aromatic N) is 3. The van der Waals surface area contributed by atoms with Crippen LogP contribution in [0, 0.1) is 0 Å². The minimum atomic E-state index is -4.58. The molecule has 1 aromatic heterocycles. The van der Waals surface area contributed by atoms with Crippen molar-refractivity contribution < 1.29 is 18.0 Å². The van der Waals surface area contributed by atoms with E-state index in [1.54, 1.807) is 12.3 Å². The quantitative estimate of drug-likeness (QED) is 0.798. The number of nitrogens with one attached hydrogen (secondary N) is 1. The van der Waals surface area contributed by atoms with Gasteiger partial charge in [0.2, 0.25) is 0 Å². The number of hydrogen-bond acceptors (Lipinski definition) is 4. The second kappa shape index (κ2) is 9.21. The predicted molar refractivity (Wildman–Crippen MR) is 101 cm³/mol. The molecule has 0 aliphatic carbocycles. The number of alkyl halides is 3. The Hall–Kier alpha value is -2.68. The molecule has 29 heavy (non-hydrogen) atoms. The molecular weight excluding hydrogens is 385 g/mol. The first-order chi connectivity index (χ1) is 13.9. The van der Waals surface area contributed by atoms with Gasteiger partial charge in [-0.15, -0.1) is 0 Å². The molecule has 3 rings (SSSR count). The molecule has 1 saturated heterocycles. The zero-order valence-corrected chi connectivity index (χ0v) is 15.9. The maximum Gasteiger partial charge on any atom is 0.417 e. The average Bonchev–Trinajstić information content (AvgIpc) is 2.71. The smallest absolute Gasteiger partial charge is 0.350 e. The number of benzene rings is 1. The van der Waals surface area contributed by atoms with Crippen LogP contribution < -0.4 is 10.9 Å². The fourth-order valence-corrected chi connectivity index (χ4v) is 3.60. The van der Waals surface area contributed by atoms with E-state index in [1.165, 1.54) is 28.9 Å². The summed E-state index contributed by atoms with van der Waals surface area (Å²) in [6.45, 7) is 2.06. The summed E-state index contributed by atoms with van der Waals surface area (Å²) in [6, 6.07) is 7.81. The van der Waals surface area contributed by atoms with Crippen LogP contribution in [0.2, 0.25) is 0 Å². The molecule has 2 aromatic rings. The normalized spacial score (nSPS) is 17.8. The molecule has 1 unspecified atom stereocenters. The fraction of sp³-hybridized carbons (Fsp3) is 0.450. The van der Waals surface area contributed by atoms with E-state index >= 15 is 0 Å². The van der Waals surface area contributed by atoms with E-state index in [0.717, 1.165) is 31.9 Å². The maximum atomic E-state index is 13.1. The maximum absolute atomic E-state index is 13.1. The van der Waals surface area contributed by atoms with Gasteiger partial charge < -0.3 is 5.32 Å². The molecular formula is C20H23F3N4O2. The van der Waals surface area contributed by atoms with Crippen LogP contribution in [0.25, 0.3) is 0 Å². The van der Waals surface area contributed by atoms with E-state index in [9.17, 15) is 22.8 Å². The van der Waals surface area contributed by atoms with Gasteiger partial charge in [-0.05, 0) is 37.6 Å². The van der Waals surface area contributed by atoms with E-state index in [0.29, 0.717) is 13.1 Å². The van der Waals surface area contributed by atoms with Gasteiger partial charge >= 0.3 is 6.18 Å². The fourth-order valence-electron chi connectivity index (χ4n) is 3.60. The Morgan fingerprint density at radius 1 is 1.14 bits per heavy atom. The molecule has 0 spiro atoms. The largest absolute Gasteiger partial charge is 0.417 e. The van der Waals surface area contributed by atoms with Gasteiger partial charge in [0.25, 0.3) is 11.5 Å². The number of rotatable bonds is 6. The van der Waals surface area contributed by atoms with Crippen molar-refractivity contribution in [2.24, 2.45) is 0 Å². The Labute approximate surface area is 166 Å². The Morgan fingerprint density at radius 3 is 2.69 bits per heavy atom. The average molecular weight is 408 g/mol. The molecule has 1 amide bonds. The predicted octanol–water partition coefficient (Wildman–Crippen LogP) is 2.55. The molecule has 1 aliphatic heterocycles. The van der Waals surface area contributed by atoms with Gasteiger partial charge in [-0.25, -0.2) is 4.68 Å². The lowest BCUT2D eigenvalue weighted by Crippen LogP contribution is -2.48. The molecule has 0 radical (unpaired) electrons. The lowest BCUT2D eigenvalue weighted by atomic mass is 10.0. The van der Waals surface area contributed by atoms with E-state index in [2.05, 4.69) is 15.3 Å². The highest BCUT2D eigenvalue weighted by Crippen LogP contribution is 2.31. The highest BCUT2D eigenvalue weighted by molar-refractivity contribution is 5.95. The number of hydrogen-bond donors (Lipinski definition) is 1. The van der Waals surface area contributed by atoms with E-state index in [4.69, 9.17) is 0 Å². The monoisotopic (exact) mass is 408 g/mol. The van der Waals surface area contributed by atoms with Gasteiger partial charge in [0.1, 0.15) is 0 Å². The third kappa shape index (κ3) is 5.44. The summed E-state index contributed by atoms with van der Waals surface area (Å²) >= 11 is 0. The number of carbonyl (C=O) groups excluding carboxylic acids is 1. The summed E-state index contributed by atoms with van der Waals surface area (Å²) in [5, 5.41) is 6.69. The van der Waals surface area contributed by atoms with Crippen molar-refractivity contribution in [1.82, 2.24) is 20.0 Å². The Kier molecular flexibility index (Phi) is 6.68. The number of piperidine rings is 1. The number of halogens is 3. The molecule has 1 N–H and O–H groups in total. The Bertz CT molecular complexity index is 898. The van der Waals surface area contributed by atoms with Crippen molar-refractivity contribution >= 4 is 5.91 Å². The topological polar surface area (TPSA) is 67.2 Å². The van der Waals surface area contributed by atoms with Gasteiger partial charge in [0, 0.05) is 31.4 Å². The van der Waals surface area contributed by atoms with Crippen LogP contribution in [0.5, 0.6) is 0 Å². The lowest BCUT2D eigenvalue weighted by molar-refractivity contribution is -0.137. The van der Waals surface area contributed by atoms with E-state index in [-0.39, 0.29) is 23.7 Å². The Balaban J connectivity index is 1.62. The van der Waals surface area contributed by atoms with E-state index in [1.807, 2.05) is 0 Å². The molecule has 1 fully saturated rings. The van der Waals surface area contributed by atoms with Gasteiger partial charge in [0.05, 0.1) is 17.7 Å². The number of aromatic nitrogens is 2. The van der Waals surface area contributed by atoms with Crippen LogP contribution >= 0.6 is 0 Å². The highest BCUT2D eigenvalue weighted by Gasteiger charge is 2.35. The van der Waals surface area contributed by atoms with Gasteiger partial charge in [0.15, 0.2) is 0 Å². The van der Waals surface area contributed by atoms with Crippen LogP contribution in [0.3, 0.4) is 0 Å². The molecule has 2 heterocycles. The van der Waals surface area contributed by atoms with Gasteiger partial charge in [-0.3, -0.25) is 14.5 Å².